The maximum atomic E-state index is 12.3. The zero-order chi connectivity index (χ0) is 15.3. The molecule has 0 spiro atoms. The van der Waals surface area contributed by atoms with Crippen molar-refractivity contribution in [3.63, 3.8) is 0 Å². The summed E-state index contributed by atoms with van der Waals surface area (Å²) in [5.41, 5.74) is 0.487. The predicted molar refractivity (Wildman–Crippen MR) is 78.0 cm³/mol. The number of aryl methyl sites for hydroxylation is 1. The fourth-order valence-electron chi connectivity index (χ4n) is 1.69. The minimum Gasteiger partial charge on any atom is -0.383 e. The molecule has 2 aromatic rings. The van der Waals surface area contributed by atoms with E-state index in [2.05, 4.69) is 25.1 Å². The Balaban J connectivity index is 2.15. The van der Waals surface area contributed by atoms with E-state index in [0.717, 1.165) is 6.42 Å². The zero-order valence-corrected chi connectivity index (χ0v) is 12.8. The van der Waals surface area contributed by atoms with E-state index in [1.807, 2.05) is 6.92 Å². The van der Waals surface area contributed by atoms with Crippen LogP contribution in [0.2, 0.25) is 0 Å². The first kappa shape index (κ1) is 15.4. The first-order chi connectivity index (χ1) is 10.0. The predicted octanol–water partition coefficient (Wildman–Crippen LogP) is 0.510. The molecule has 0 saturated heterocycles. The SMILES string of the molecule is CCCNc1cccnc1S(=O)(=O)NCc1ncn(C)n1. The third-order valence-electron chi connectivity index (χ3n) is 2.66. The van der Waals surface area contributed by atoms with Gasteiger partial charge in [0.25, 0.3) is 10.0 Å². The Hall–Kier alpha value is -2.00. The molecule has 0 amide bonds. The summed E-state index contributed by atoms with van der Waals surface area (Å²) >= 11 is 0. The number of nitrogens with one attached hydrogen (secondary N) is 2. The minimum absolute atomic E-state index is 0.0191. The van der Waals surface area contributed by atoms with E-state index in [0.29, 0.717) is 18.1 Å². The third-order valence-corrected chi connectivity index (χ3v) is 4.02. The number of sulfonamides is 1. The summed E-state index contributed by atoms with van der Waals surface area (Å²) in [5.74, 6) is 0.403. The molecular formula is C12H18N6O2S. The van der Waals surface area contributed by atoms with Crippen molar-refractivity contribution in [2.45, 2.75) is 24.9 Å². The lowest BCUT2D eigenvalue weighted by atomic mass is 10.4. The average Bonchev–Trinajstić information content (AvgIpc) is 2.89. The lowest BCUT2D eigenvalue weighted by Gasteiger charge is -2.10. The minimum atomic E-state index is -3.72. The molecule has 2 aromatic heterocycles. The highest BCUT2D eigenvalue weighted by Gasteiger charge is 2.20. The second-order valence-electron chi connectivity index (χ2n) is 4.44. The van der Waals surface area contributed by atoms with Gasteiger partial charge in [0, 0.05) is 19.8 Å². The van der Waals surface area contributed by atoms with Crippen LogP contribution in [0.3, 0.4) is 0 Å². The van der Waals surface area contributed by atoms with Gasteiger partial charge in [-0.1, -0.05) is 6.92 Å². The molecule has 2 heterocycles. The van der Waals surface area contributed by atoms with Crippen LogP contribution in [0.15, 0.2) is 29.7 Å². The van der Waals surface area contributed by atoms with Crippen LogP contribution in [0.5, 0.6) is 0 Å². The number of nitrogens with zero attached hydrogens (tertiary/aromatic N) is 4. The Morgan fingerprint density at radius 3 is 2.81 bits per heavy atom. The highest BCUT2D eigenvalue weighted by Crippen LogP contribution is 2.17. The van der Waals surface area contributed by atoms with Crippen LogP contribution in [0.25, 0.3) is 0 Å². The fourth-order valence-corrected chi connectivity index (χ4v) is 2.78. The van der Waals surface area contributed by atoms with Crippen molar-refractivity contribution in [3.8, 4) is 0 Å². The monoisotopic (exact) mass is 310 g/mol. The first-order valence-corrected chi connectivity index (χ1v) is 8.04. The van der Waals surface area contributed by atoms with Crippen LogP contribution in [0, 0.1) is 0 Å². The Morgan fingerprint density at radius 1 is 1.33 bits per heavy atom. The normalized spacial score (nSPS) is 11.5. The molecule has 114 valence electrons. The maximum Gasteiger partial charge on any atom is 0.260 e. The molecule has 0 aliphatic carbocycles. The summed E-state index contributed by atoms with van der Waals surface area (Å²) in [6.07, 6.45) is 3.85. The molecule has 2 rings (SSSR count). The van der Waals surface area contributed by atoms with Crippen molar-refractivity contribution in [3.05, 3.63) is 30.5 Å². The van der Waals surface area contributed by atoms with Gasteiger partial charge in [-0.25, -0.2) is 23.1 Å². The standard InChI is InChI=1S/C12H18N6O2S/c1-3-6-13-10-5-4-7-14-12(10)21(19,20)16-8-11-15-9-18(2)17-11/h4-5,7,9,13,16H,3,6,8H2,1-2H3. The average molecular weight is 310 g/mol. The maximum absolute atomic E-state index is 12.3. The highest BCUT2D eigenvalue weighted by molar-refractivity contribution is 7.89. The fraction of sp³-hybridized carbons (Fsp3) is 0.417. The Labute approximate surface area is 123 Å². The molecule has 0 saturated carbocycles. The number of anilines is 1. The van der Waals surface area contributed by atoms with E-state index in [1.165, 1.54) is 17.2 Å². The molecule has 0 radical (unpaired) electrons. The Bertz CT molecular complexity index is 697. The number of hydrogen-bond acceptors (Lipinski definition) is 6. The summed E-state index contributed by atoms with van der Waals surface area (Å²) in [5, 5.41) is 7.06. The molecule has 0 bridgehead atoms. The molecule has 0 fully saturated rings. The van der Waals surface area contributed by atoms with Gasteiger partial charge in [0.1, 0.15) is 6.33 Å². The molecule has 9 heteroatoms. The molecule has 0 aromatic carbocycles. The van der Waals surface area contributed by atoms with Gasteiger partial charge in [0.05, 0.1) is 12.2 Å². The molecule has 0 aliphatic rings. The van der Waals surface area contributed by atoms with Crippen LogP contribution < -0.4 is 10.0 Å². The van der Waals surface area contributed by atoms with Gasteiger partial charge in [-0.05, 0) is 18.6 Å². The van der Waals surface area contributed by atoms with Crippen LogP contribution >= 0.6 is 0 Å². The molecule has 2 N–H and O–H groups in total. The quantitative estimate of drug-likeness (QED) is 0.772. The van der Waals surface area contributed by atoms with Gasteiger partial charge in [-0.2, -0.15) is 5.10 Å². The van der Waals surface area contributed by atoms with Crippen LogP contribution in [0.4, 0.5) is 5.69 Å². The van der Waals surface area contributed by atoms with Gasteiger partial charge in [-0.15, -0.1) is 0 Å². The Kier molecular flexibility index (Phi) is 4.86. The molecule has 0 unspecified atom stereocenters. The second-order valence-corrected chi connectivity index (χ2v) is 6.12. The molecule has 0 aliphatic heterocycles. The van der Waals surface area contributed by atoms with Crippen LogP contribution in [0.1, 0.15) is 19.2 Å². The van der Waals surface area contributed by atoms with Gasteiger partial charge < -0.3 is 5.32 Å². The highest BCUT2D eigenvalue weighted by atomic mass is 32.2. The lowest BCUT2D eigenvalue weighted by Crippen LogP contribution is -2.26. The van der Waals surface area contributed by atoms with Crippen molar-refractivity contribution < 1.29 is 8.42 Å². The summed E-state index contributed by atoms with van der Waals surface area (Å²) < 4.78 is 28.6. The summed E-state index contributed by atoms with van der Waals surface area (Å²) in [4.78, 5) is 7.94. The largest absolute Gasteiger partial charge is 0.383 e. The van der Waals surface area contributed by atoms with Crippen molar-refractivity contribution in [2.24, 2.45) is 7.05 Å². The zero-order valence-electron chi connectivity index (χ0n) is 11.9. The molecule has 0 atom stereocenters. The lowest BCUT2D eigenvalue weighted by molar-refractivity contribution is 0.575. The second kappa shape index (κ2) is 6.64. The molecule has 21 heavy (non-hydrogen) atoms. The first-order valence-electron chi connectivity index (χ1n) is 6.56. The van der Waals surface area contributed by atoms with E-state index < -0.39 is 10.0 Å². The van der Waals surface area contributed by atoms with Gasteiger partial charge >= 0.3 is 0 Å². The van der Waals surface area contributed by atoms with Crippen LogP contribution in [-0.2, 0) is 23.6 Å². The summed E-state index contributed by atoms with van der Waals surface area (Å²) in [6, 6.07) is 3.38. The third kappa shape index (κ3) is 3.99. The number of aromatic nitrogens is 4. The van der Waals surface area contributed by atoms with E-state index in [9.17, 15) is 8.42 Å². The number of rotatable bonds is 7. The van der Waals surface area contributed by atoms with Gasteiger partial charge in [0.2, 0.25) is 0 Å². The topological polar surface area (TPSA) is 102 Å². The van der Waals surface area contributed by atoms with Crippen molar-refractivity contribution in [2.75, 3.05) is 11.9 Å². The smallest absolute Gasteiger partial charge is 0.260 e. The summed E-state index contributed by atoms with van der Waals surface area (Å²) in [7, 11) is -2.00. The van der Waals surface area contributed by atoms with Crippen molar-refractivity contribution in [1.29, 1.82) is 0 Å². The van der Waals surface area contributed by atoms with Gasteiger partial charge in [-0.3, -0.25) is 4.68 Å². The van der Waals surface area contributed by atoms with E-state index in [1.54, 1.807) is 19.2 Å². The van der Waals surface area contributed by atoms with Gasteiger partial charge in [0.15, 0.2) is 10.9 Å². The van der Waals surface area contributed by atoms with E-state index in [-0.39, 0.29) is 11.6 Å². The van der Waals surface area contributed by atoms with E-state index in [4.69, 9.17) is 0 Å². The van der Waals surface area contributed by atoms with Crippen LogP contribution in [-0.4, -0.2) is 34.7 Å². The van der Waals surface area contributed by atoms with E-state index >= 15 is 0 Å². The van der Waals surface area contributed by atoms with Crippen molar-refractivity contribution in [1.82, 2.24) is 24.5 Å². The number of hydrogen-bond donors (Lipinski definition) is 2. The van der Waals surface area contributed by atoms with Crippen molar-refractivity contribution >= 4 is 15.7 Å². The summed E-state index contributed by atoms with van der Waals surface area (Å²) in [6.45, 7) is 2.70. The number of pyridine rings is 1. The molecular weight excluding hydrogens is 292 g/mol. The molecule has 8 nitrogen and oxygen atoms in total. The Morgan fingerprint density at radius 2 is 2.14 bits per heavy atom.